The Kier molecular flexibility index (Phi) is 5.31. The van der Waals surface area contributed by atoms with Crippen molar-refractivity contribution in [2.45, 2.75) is 20.0 Å². The van der Waals surface area contributed by atoms with E-state index < -0.39 is 5.97 Å². The molecule has 0 aliphatic carbocycles. The van der Waals surface area contributed by atoms with E-state index in [0.29, 0.717) is 0 Å². The van der Waals surface area contributed by atoms with Crippen molar-refractivity contribution in [1.29, 1.82) is 0 Å². The standard InChI is InChI=1S/C17H19NO2S/c1-13-3-5-14(6-4-13)10-18(2)11-16-9-15(12-21-16)7-8-17(19)20/h3-9,12H,10-11H2,1-2H3,(H,19,20). The summed E-state index contributed by atoms with van der Waals surface area (Å²) >= 11 is 1.66. The first-order valence-electron chi connectivity index (χ1n) is 6.75. The maximum atomic E-state index is 10.5. The maximum Gasteiger partial charge on any atom is 0.328 e. The molecule has 1 heterocycles. The largest absolute Gasteiger partial charge is 0.478 e. The predicted molar refractivity (Wildman–Crippen MR) is 87.3 cm³/mol. The third-order valence-electron chi connectivity index (χ3n) is 3.09. The third-order valence-corrected chi connectivity index (χ3v) is 4.03. The number of hydrogen-bond acceptors (Lipinski definition) is 3. The molecule has 4 heteroatoms. The van der Waals surface area contributed by atoms with Gasteiger partial charge >= 0.3 is 5.97 Å². The molecule has 0 aliphatic heterocycles. The average molecular weight is 301 g/mol. The van der Waals surface area contributed by atoms with Crippen LogP contribution in [0.2, 0.25) is 0 Å². The van der Waals surface area contributed by atoms with Gasteiger partial charge < -0.3 is 5.11 Å². The van der Waals surface area contributed by atoms with E-state index >= 15 is 0 Å². The van der Waals surface area contributed by atoms with Gasteiger partial charge in [-0.25, -0.2) is 4.79 Å². The van der Waals surface area contributed by atoms with Crippen LogP contribution < -0.4 is 0 Å². The summed E-state index contributed by atoms with van der Waals surface area (Å²) in [6.45, 7) is 3.85. The molecule has 0 spiro atoms. The lowest BCUT2D eigenvalue weighted by molar-refractivity contribution is -0.131. The highest BCUT2D eigenvalue weighted by atomic mass is 32.1. The Morgan fingerprint density at radius 2 is 2.00 bits per heavy atom. The fourth-order valence-corrected chi connectivity index (χ4v) is 3.00. The van der Waals surface area contributed by atoms with Gasteiger partial charge in [0.1, 0.15) is 0 Å². The Bertz CT molecular complexity index is 628. The molecule has 3 nitrogen and oxygen atoms in total. The van der Waals surface area contributed by atoms with Crippen molar-refractivity contribution in [1.82, 2.24) is 4.90 Å². The summed E-state index contributed by atoms with van der Waals surface area (Å²) in [4.78, 5) is 14.0. The lowest BCUT2D eigenvalue weighted by Crippen LogP contribution is -2.16. The molecule has 0 saturated heterocycles. The second-order valence-electron chi connectivity index (χ2n) is 5.18. The molecule has 2 rings (SSSR count). The monoisotopic (exact) mass is 301 g/mol. The number of aliphatic carboxylic acids is 1. The second kappa shape index (κ2) is 7.20. The van der Waals surface area contributed by atoms with E-state index in [2.05, 4.69) is 43.1 Å². The molecule has 0 amide bonds. The van der Waals surface area contributed by atoms with Gasteiger partial charge in [-0.2, -0.15) is 0 Å². The van der Waals surface area contributed by atoms with Crippen LogP contribution in [0.1, 0.15) is 21.6 Å². The lowest BCUT2D eigenvalue weighted by atomic mass is 10.1. The highest BCUT2D eigenvalue weighted by molar-refractivity contribution is 7.10. The highest BCUT2D eigenvalue weighted by Crippen LogP contribution is 2.18. The van der Waals surface area contributed by atoms with Gasteiger partial charge in [0.15, 0.2) is 0 Å². The number of thiophene rings is 1. The molecular formula is C17H19NO2S. The first-order chi connectivity index (χ1) is 10.0. The summed E-state index contributed by atoms with van der Waals surface area (Å²) in [7, 11) is 2.09. The van der Waals surface area contributed by atoms with E-state index in [0.717, 1.165) is 18.7 Å². The van der Waals surface area contributed by atoms with Crippen LogP contribution in [0.15, 0.2) is 41.8 Å². The lowest BCUT2D eigenvalue weighted by Gasteiger charge is -2.15. The molecule has 0 radical (unpaired) electrons. The smallest absolute Gasteiger partial charge is 0.328 e. The van der Waals surface area contributed by atoms with Crippen LogP contribution in [0.5, 0.6) is 0 Å². The van der Waals surface area contributed by atoms with Gasteiger partial charge in [0.2, 0.25) is 0 Å². The number of carbonyl (C=O) groups is 1. The third kappa shape index (κ3) is 5.17. The molecule has 0 bridgehead atoms. The van der Waals surface area contributed by atoms with E-state index in [1.807, 2.05) is 11.4 Å². The Balaban J connectivity index is 1.92. The first-order valence-corrected chi connectivity index (χ1v) is 7.63. The van der Waals surface area contributed by atoms with Gasteiger partial charge in [0.25, 0.3) is 0 Å². The molecule has 0 saturated carbocycles. The van der Waals surface area contributed by atoms with E-state index in [1.165, 1.54) is 22.1 Å². The summed E-state index contributed by atoms with van der Waals surface area (Å²) in [5.41, 5.74) is 3.52. The molecule has 21 heavy (non-hydrogen) atoms. The number of benzene rings is 1. The van der Waals surface area contributed by atoms with Crippen LogP contribution in [-0.2, 0) is 17.9 Å². The van der Waals surface area contributed by atoms with Crippen LogP contribution >= 0.6 is 11.3 Å². The van der Waals surface area contributed by atoms with Crippen molar-refractivity contribution < 1.29 is 9.90 Å². The van der Waals surface area contributed by atoms with Gasteiger partial charge in [0, 0.05) is 24.0 Å². The molecule has 1 N–H and O–H groups in total. The quantitative estimate of drug-likeness (QED) is 0.825. The maximum absolute atomic E-state index is 10.5. The topological polar surface area (TPSA) is 40.5 Å². The van der Waals surface area contributed by atoms with Crippen molar-refractivity contribution in [2.24, 2.45) is 0 Å². The fraction of sp³-hybridized carbons (Fsp3) is 0.235. The number of aryl methyl sites for hydroxylation is 1. The normalized spacial score (nSPS) is 11.4. The molecule has 0 unspecified atom stereocenters. The van der Waals surface area contributed by atoms with Crippen molar-refractivity contribution in [3.8, 4) is 0 Å². The van der Waals surface area contributed by atoms with E-state index in [4.69, 9.17) is 5.11 Å². The Morgan fingerprint density at radius 3 is 2.67 bits per heavy atom. The van der Waals surface area contributed by atoms with Crippen molar-refractivity contribution in [2.75, 3.05) is 7.05 Å². The van der Waals surface area contributed by atoms with Crippen LogP contribution in [0.25, 0.3) is 6.08 Å². The van der Waals surface area contributed by atoms with E-state index in [-0.39, 0.29) is 0 Å². The zero-order chi connectivity index (χ0) is 15.2. The Morgan fingerprint density at radius 1 is 1.29 bits per heavy atom. The van der Waals surface area contributed by atoms with Gasteiger partial charge in [-0.1, -0.05) is 29.8 Å². The molecule has 0 atom stereocenters. The Labute approximate surface area is 129 Å². The van der Waals surface area contributed by atoms with E-state index in [9.17, 15) is 4.79 Å². The van der Waals surface area contributed by atoms with Crippen LogP contribution in [0.4, 0.5) is 0 Å². The molecule has 2 aromatic rings. The van der Waals surface area contributed by atoms with Crippen LogP contribution in [0, 0.1) is 6.92 Å². The summed E-state index contributed by atoms with van der Waals surface area (Å²) in [6.07, 6.45) is 2.80. The number of carboxylic acid groups (broad SMARTS) is 1. The molecular weight excluding hydrogens is 282 g/mol. The second-order valence-corrected chi connectivity index (χ2v) is 6.17. The highest BCUT2D eigenvalue weighted by Gasteiger charge is 2.04. The summed E-state index contributed by atoms with van der Waals surface area (Å²) in [5.74, 6) is -0.917. The number of rotatable bonds is 6. The number of nitrogens with zero attached hydrogens (tertiary/aromatic N) is 1. The Hall–Kier alpha value is -1.91. The van der Waals surface area contributed by atoms with E-state index in [1.54, 1.807) is 17.4 Å². The predicted octanol–water partition coefficient (Wildman–Crippen LogP) is 3.79. The van der Waals surface area contributed by atoms with Crippen LogP contribution in [0.3, 0.4) is 0 Å². The first kappa shape index (κ1) is 15.5. The summed E-state index contributed by atoms with van der Waals surface area (Å²) in [6, 6.07) is 10.6. The molecule has 110 valence electrons. The molecule has 0 fully saturated rings. The van der Waals surface area contributed by atoms with Gasteiger partial charge in [-0.05, 0) is 42.6 Å². The minimum Gasteiger partial charge on any atom is -0.478 e. The zero-order valence-electron chi connectivity index (χ0n) is 12.2. The SMILES string of the molecule is Cc1ccc(CN(C)Cc2cc(C=CC(=O)O)cs2)cc1. The fourth-order valence-electron chi connectivity index (χ4n) is 2.06. The minimum atomic E-state index is -0.917. The van der Waals surface area contributed by atoms with Gasteiger partial charge in [0.05, 0.1) is 0 Å². The molecule has 0 aliphatic rings. The van der Waals surface area contributed by atoms with Crippen molar-refractivity contribution >= 4 is 23.4 Å². The number of hydrogen-bond donors (Lipinski definition) is 1. The average Bonchev–Trinajstić information content (AvgIpc) is 2.86. The number of carboxylic acids is 1. The summed E-state index contributed by atoms with van der Waals surface area (Å²) in [5, 5.41) is 10.6. The molecule has 1 aromatic carbocycles. The van der Waals surface area contributed by atoms with Crippen LogP contribution in [-0.4, -0.2) is 23.0 Å². The zero-order valence-corrected chi connectivity index (χ0v) is 13.1. The van der Waals surface area contributed by atoms with Crippen molar-refractivity contribution in [3.05, 3.63) is 63.4 Å². The summed E-state index contributed by atoms with van der Waals surface area (Å²) < 4.78 is 0. The van der Waals surface area contributed by atoms with Gasteiger partial charge in [-0.3, -0.25) is 4.90 Å². The van der Waals surface area contributed by atoms with Crippen molar-refractivity contribution in [3.63, 3.8) is 0 Å². The minimum absolute atomic E-state index is 0.861. The van der Waals surface area contributed by atoms with Gasteiger partial charge in [-0.15, -0.1) is 11.3 Å². The molecule has 1 aromatic heterocycles.